The molecule has 0 aliphatic rings. The lowest BCUT2D eigenvalue weighted by Gasteiger charge is -2.27. The first kappa shape index (κ1) is 27.4. The maximum atomic E-state index is 11.9. The van der Waals surface area contributed by atoms with Crippen LogP contribution in [0.5, 0.6) is 0 Å². The molecule has 0 fully saturated rings. The van der Waals surface area contributed by atoms with Gasteiger partial charge in [0.1, 0.15) is 11.6 Å². The number of hydrogen-bond donors (Lipinski definition) is 5. The van der Waals surface area contributed by atoms with E-state index in [9.17, 15) is 28.8 Å². The third-order valence-electron chi connectivity index (χ3n) is 4.08. The van der Waals surface area contributed by atoms with E-state index in [0.717, 1.165) is 16.1 Å². The monoisotopic (exact) mass is 526 g/mol. The second-order valence-electron chi connectivity index (χ2n) is 6.67. The first-order valence-electron chi connectivity index (χ1n) is 9.30. The SMILES string of the molecule is Cc1ncc(C[n+]2csc(CCOP(=O)(O)OP(=O)(O)O[C-](O)CCC(=O)O)c2C)c(N)n1. The number of aliphatic carboxylic acids is 1. The molecule has 2 rings (SSSR count). The standard InChI is InChI=1S/C16H24N4O10P2S/c1-10-13(33-9-20(10)8-12-7-18-11(2)19-16(12)17)5-6-28-31(24,25)30-32(26,27)29-15(23)4-3-14(21)22/h7,9,23H,3-6,8H2,1-2H3,(H,21,22)(H,24,25)(H,26,27)(H2,17,18,19). The zero-order chi connectivity index (χ0) is 24.8. The van der Waals surface area contributed by atoms with Gasteiger partial charge in [0.25, 0.3) is 0 Å². The van der Waals surface area contributed by atoms with Crippen molar-refractivity contribution in [1.29, 1.82) is 0 Å². The van der Waals surface area contributed by atoms with Crippen molar-refractivity contribution in [3.8, 4) is 0 Å². The number of aryl methyl sites for hydroxylation is 1. The number of nitrogen functional groups attached to an aromatic ring is 1. The fourth-order valence-corrected chi connectivity index (χ4v) is 5.50. The Kier molecular flexibility index (Phi) is 9.61. The van der Waals surface area contributed by atoms with Crippen LogP contribution in [0.25, 0.3) is 0 Å². The Bertz CT molecular complexity index is 1080. The maximum Gasteiger partial charge on any atom is 0.481 e. The minimum atomic E-state index is -5.24. The van der Waals surface area contributed by atoms with E-state index in [4.69, 9.17) is 15.4 Å². The third-order valence-corrected chi connectivity index (χ3v) is 7.82. The molecule has 0 bridgehead atoms. The fraction of sp³-hybridized carbons (Fsp3) is 0.438. The molecule has 0 saturated heterocycles. The van der Waals surface area contributed by atoms with Gasteiger partial charge in [-0.15, -0.1) is 6.42 Å². The number of hydrogen-bond acceptors (Lipinski definition) is 11. The fourth-order valence-electron chi connectivity index (χ4n) is 2.48. The molecule has 2 aromatic heterocycles. The highest BCUT2D eigenvalue weighted by molar-refractivity contribution is 7.61. The lowest BCUT2D eigenvalue weighted by molar-refractivity contribution is -0.689. The summed E-state index contributed by atoms with van der Waals surface area (Å²) in [6.45, 7) is 3.65. The highest BCUT2D eigenvalue weighted by atomic mass is 32.1. The number of rotatable bonds is 13. The van der Waals surface area contributed by atoms with Crippen LogP contribution in [-0.2, 0) is 40.2 Å². The molecule has 2 atom stereocenters. The van der Waals surface area contributed by atoms with Crippen molar-refractivity contribution in [2.75, 3.05) is 12.3 Å². The van der Waals surface area contributed by atoms with Gasteiger partial charge in [0.2, 0.25) is 5.51 Å². The van der Waals surface area contributed by atoms with E-state index in [-0.39, 0.29) is 13.0 Å². The van der Waals surface area contributed by atoms with Gasteiger partial charge in [-0.2, -0.15) is 8.88 Å². The van der Waals surface area contributed by atoms with Gasteiger partial charge in [-0.1, -0.05) is 17.6 Å². The number of aliphatic hydroxyl groups is 1. The topological polar surface area (TPSA) is 216 Å². The van der Waals surface area contributed by atoms with E-state index in [1.165, 1.54) is 11.3 Å². The maximum absolute atomic E-state index is 11.9. The Labute approximate surface area is 192 Å². The molecule has 6 N–H and O–H groups in total. The van der Waals surface area contributed by atoms with Crippen molar-refractivity contribution in [3.05, 3.63) is 40.0 Å². The summed E-state index contributed by atoms with van der Waals surface area (Å²) in [5.41, 5.74) is 9.30. The molecule has 0 aliphatic carbocycles. The second-order valence-corrected chi connectivity index (χ2v) is 10.6. The van der Waals surface area contributed by atoms with Crippen LogP contribution in [-0.4, -0.2) is 42.5 Å². The van der Waals surface area contributed by atoms with Crippen molar-refractivity contribution in [1.82, 2.24) is 9.97 Å². The number of carbonyl (C=O) groups is 1. The molecule has 33 heavy (non-hydrogen) atoms. The smallest absolute Gasteiger partial charge is 0.481 e. The lowest BCUT2D eigenvalue weighted by Crippen LogP contribution is -2.35. The molecular formula is C16H24N4O10P2S. The normalized spacial score (nSPS) is 15.3. The molecule has 184 valence electrons. The van der Waals surface area contributed by atoms with Crippen LogP contribution in [0.1, 0.15) is 34.8 Å². The summed E-state index contributed by atoms with van der Waals surface area (Å²) >= 11 is 1.36. The number of carboxylic acid groups (broad SMARTS) is 1. The molecule has 0 aliphatic heterocycles. The van der Waals surface area contributed by atoms with Crippen LogP contribution in [0.2, 0.25) is 0 Å². The molecule has 17 heteroatoms. The third kappa shape index (κ3) is 9.16. The van der Waals surface area contributed by atoms with Crippen LogP contribution in [0, 0.1) is 20.1 Å². The second kappa shape index (κ2) is 11.6. The zero-order valence-electron chi connectivity index (χ0n) is 17.7. The Morgan fingerprint density at radius 1 is 1.30 bits per heavy atom. The zero-order valence-corrected chi connectivity index (χ0v) is 20.3. The van der Waals surface area contributed by atoms with E-state index in [2.05, 4.69) is 18.8 Å². The summed E-state index contributed by atoms with van der Waals surface area (Å²) in [4.78, 5) is 38.6. The van der Waals surface area contributed by atoms with Gasteiger partial charge in [0.15, 0.2) is 12.2 Å². The average molecular weight is 526 g/mol. The number of aliphatic hydroxyl groups excluding tert-OH is 1. The molecule has 0 amide bonds. The van der Waals surface area contributed by atoms with Gasteiger partial charge in [-0.3, -0.25) is 9.32 Å². The molecule has 2 aromatic rings. The Hall–Kier alpha value is -1.80. The molecular weight excluding hydrogens is 502 g/mol. The highest BCUT2D eigenvalue weighted by Gasteiger charge is 2.34. The summed E-state index contributed by atoms with van der Waals surface area (Å²) in [5.74, 6) is -0.371. The van der Waals surface area contributed by atoms with Gasteiger partial charge in [-0.05, 0) is 6.92 Å². The van der Waals surface area contributed by atoms with E-state index in [1.807, 2.05) is 17.0 Å². The van der Waals surface area contributed by atoms with Crippen LogP contribution in [0.4, 0.5) is 5.82 Å². The summed E-state index contributed by atoms with van der Waals surface area (Å²) < 4.78 is 38.5. The number of phosphoric ester groups is 2. The predicted octanol–water partition coefficient (Wildman–Crippen LogP) is 1.59. The number of nitrogens with two attached hydrogens (primary N) is 1. The Balaban J connectivity index is 1.89. The van der Waals surface area contributed by atoms with Crippen molar-refractivity contribution in [2.24, 2.45) is 0 Å². The molecule has 0 aromatic carbocycles. The number of anilines is 1. The van der Waals surface area contributed by atoms with Gasteiger partial charge >= 0.3 is 21.6 Å². The van der Waals surface area contributed by atoms with Gasteiger partial charge < -0.3 is 30.3 Å². The highest BCUT2D eigenvalue weighted by Crippen LogP contribution is 2.61. The number of phosphoric acid groups is 2. The number of nitrogens with zero attached hydrogens (tertiary/aromatic N) is 3. The van der Waals surface area contributed by atoms with Crippen LogP contribution < -0.4 is 10.3 Å². The van der Waals surface area contributed by atoms with Crippen LogP contribution in [0.15, 0.2) is 11.7 Å². The van der Waals surface area contributed by atoms with E-state index in [1.54, 1.807) is 13.1 Å². The van der Waals surface area contributed by atoms with Gasteiger partial charge in [-0.25, -0.2) is 19.1 Å². The molecule has 0 spiro atoms. The Morgan fingerprint density at radius 3 is 2.64 bits per heavy atom. The van der Waals surface area contributed by atoms with E-state index < -0.39 is 40.7 Å². The summed E-state index contributed by atoms with van der Waals surface area (Å²) in [6.07, 6.45) is -0.526. The summed E-state index contributed by atoms with van der Waals surface area (Å²) in [5, 5.41) is 17.8. The minimum absolute atomic E-state index is 0.184. The quantitative estimate of drug-likeness (QED) is 0.143. The van der Waals surface area contributed by atoms with Crippen molar-refractivity contribution in [2.45, 2.75) is 39.7 Å². The van der Waals surface area contributed by atoms with E-state index >= 15 is 0 Å². The first-order valence-corrected chi connectivity index (χ1v) is 13.2. The van der Waals surface area contributed by atoms with E-state index in [0.29, 0.717) is 18.2 Å². The summed E-state index contributed by atoms with van der Waals surface area (Å²) in [7, 11) is -10.3. The molecule has 14 nitrogen and oxygen atoms in total. The minimum Gasteiger partial charge on any atom is -0.535 e. The Morgan fingerprint density at radius 2 is 2.00 bits per heavy atom. The number of carboxylic acids is 1. The van der Waals surface area contributed by atoms with Gasteiger partial charge in [0.05, 0.1) is 17.0 Å². The van der Waals surface area contributed by atoms with Crippen molar-refractivity contribution in [3.63, 3.8) is 0 Å². The lowest BCUT2D eigenvalue weighted by atomic mass is 10.2. The molecule has 2 heterocycles. The summed E-state index contributed by atoms with van der Waals surface area (Å²) in [6, 6.07) is 0. The predicted molar refractivity (Wildman–Crippen MR) is 113 cm³/mol. The largest absolute Gasteiger partial charge is 0.535 e. The van der Waals surface area contributed by atoms with Gasteiger partial charge in [0, 0.05) is 26.0 Å². The first-order chi connectivity index (χ1) is 15.3. The van der Waals surface area contributed by atoms with Crippen molar-refractivity contribution >= 4 is 38.8 Å². The number of aromatic nitrogens is 3. The molecule has 0 radical (unpaired) electrons. The van der Waals surface area contributed by atoms with Crippen LogP contribution >= 0.6 is 27.0 Å². The van der Waals surface area contributed by atoms with Crippen molar-refractivity contribution < 1.29 is 51.8 Å². The molecule has 2 unspecified atom stereocenters. The number of thiazole rings is 1. The molecule has 0 saturated carbocycles. The van der Waals surface area contributed by atoms with Crippen LogP contribution in [0.3, 0.4) is 0 Å². The average Bonchev–Trinajstić information content (AvgIpc) is 3.00.